The van der Waals surface area contributed by atoms with Gasteiger partial charge in [-0.15, -0.1) is 0 Å². The second kappa shape index (κ2) is 11.5. The number of rotatable bonds is 9. The maximum atomic E-state index is 13.7. The van der Waals surface area contributed by atoms with E-state index in [0.29, 0.717) is 29.7 Å². The molecule has 4 rings (SSSR count). The van der Waals surface area contributed by atoms with Crippen LogP contribution in [0.2, 0.25) is 0 Å². The summed E-state index contributed by atoms with van der Waals surface area (Å²) < 4.78 is 34.9. The highest BCUT2D eigenvalue weighted by Gasteiger charge is 2.32. The van der Waals surface area contributed by atoms with E-state index in [4.69, 9.17) is 10.5 Å². The second-order valence-corrected chi connectivity index (χ2v) is 12.1. The summed E-state index contributed by atoms with van der Waals surface area (Å²) in [6.45, 7) is 7.08. The lowest BCUT2D eigenvalue weighted by Crippen LogP contribution is -2.39. The third-order valence-electron chi connectivity index (χ3n) is 7.10. The molecule has 1 saturated heterocycles. The van der Waals surface area contributed by atoms with E-state index in [2.05, 4.69) is 26.0 Å². The monoisotopic (exact) mass is 520 g/mol. The maximum absolute atomic E-state index is 13.7. The highest BCUT2D eigenvalue weighted by molar-refractivity contribution is 7.89. The molecule has 3 aromatic carbocycles. The van der Waals surface area contributed by atoms with E-state index in [1.54, 1.807) is 23.4 Å². The van der Waals surface area contributed by atoms with Gasteiger partial charge in [0.15, 0.2) is 0 Å². The van der Waals surface area contributed by atoms with Crippen LogP contribution < -0.4 is 10.5 Å². The SMILES string of the molecule is CC(COc1ccccc1C1CCCN(S(=O)(=O)c2cccc(-c3ccc(C(C)C)cc3)c2)C1)C(N)=O. The van der Waals surface area contributed by atoms with Gasteiger partial charge in [0.2, 0.25) is 15.9 Å². The molecule has 6 nitrogen and oxygen atoms in total. The topological polar surface area (TPSA) is 89.7 Å². The quantitative estimate of drug-likeness (QED) is 0.401. The Morgan fingerprint density at radius 1 is 1.00 bits per heavy atom. The fourth-order valence-corrected chi connectivity index (χ4v) is 6.28. The molecule has 7 heteroatoms. The van der Waals surface area contributed by atoms with Crippen LogP contribution in [-0.2, 0) is 14.8 Å². The third kappa shape index (κ3) is 6.22. The molecule has 1 aliphatic heterocycles. The van der Waals surface area contributed by atoms with Crippen LogP contribution in [0.4, 0.5) is 0 Å². The summed E-state index contributed by atoms with van der Waals surface area (Å²) in [7, 11) is -3.67. The minimum Gasteiger partial charge on any atom is -0.492 e. The molecule has 196 valence electrons. The van der Waals surface area contributed by atoms with Gasteiger partial charge in [0.1, 0.15) is 5.75 Å². The number of ether oxygens (including phenoxy) is 1. The summed E-state index contributed by atoms with van der Waals surface area (Å²) in [5.74, 6) is 0.285. The lowest BCUT2D eigenvalue weighted by molar-refractivity contribution is -0.122. The van der Waals surface area contributed by atoms with Crippen molar-refractivity contribution in [3.05, 3.63) is 83.9 Å². The third-order valence-corrected chi connectivity index (χ3v) is 8.96. The number of carbonyl (C=O) groups excluding carboxylic acids is 1. The Morgan fingerprint density at radius 3 is 2.43 bits per heavy atom. The van der Waals surface area contributed by atoms with Crippen molar-refractivity contribution in [1.29, 1.82) is 0 Å². The molecule has 2 atom stereocenters. The van der Waals surface area contributed by atoms with Crippen LogP contribution in [0.5, 0.6) is 5.75 Å². The van der Waals surface area contributed by atoms with E-state index >= 15 is 0 Å². The van der Waals surface area contributed by atoms with E-state index in [0.717, 1.165) is 29.5 Å². The fraction of sp³-hybridized carbons (Fsp3) is 0.367. The van der Waals surface area contributed by atoms with Crippen molar-refractivity contribution in [3.8, 4) is 16.9 Å². The summed E-state index contributed by atoms with van der Waals surface area (Å²) >= 11 is 0. The van der Waals surface area contributed by atoms with E-state index in [9.17, 15) is 13.2 Å². The molecule has 2 N–H and O–H groups in total. The number of carbonyl (C=O) groups is 1. The summed E-state index contributed by atoms with van der Waals surface area (Å²) in [5.41, 5.74) is 9.46. The second-order valence-electron chi connectivity index (χ2n) is 10.2. The van der Waals surface area contributed by atoms with Crippen LogP contribution in [0.15, 0.2) is 77.7 Å². The number of sulfonamides is 1. The Morgan fingerprint density at radius 2 is 1.73 bits per heavy atom. The molecule has 0 aliphatic carbocycles. The van der Waals surface area contributed by atoms with Crippen LogP contribution in [0.25, 0.3) is 11.1 Å². The predicted octanol–water partition coefficient (Wildman–Crippen LogP) is 5.55. The average Bonchev–Trinajstić information content (AvgIpc) is 2.92. The van der Waals surface area contributed by atoms with Gasteiger partial charge in [0, 0.05) is 19.0 Å². The van der Waals surface area contributed by atoms with Crippen LogP contribution >= 0.6 is 0 Å². The molecule has 0 bridgehead atoms. The number of hydrogen-bond donors (Lipinski definition) is 1. The van der Waals surface area contributed by atoms with Crippen molar-refractivity contribution in [2.45, 2.75) is 50.3 Å². The van der Waals surface area contributed by atoms with Crippen molar-refractivity contribution in [1.82, 2.24) is 4.31 Å². The first kappa shape index (κ1) is 26.9. The van der Waals surface area contributed by atoms with E-state index in [-0.39, 0.29) is 12.5 Å². The first-order chi connectivity index (χ1) is 17.7. The minimum atomic E-state index is -3.67. The number of hydrogen-bond acceptors (Lipinski definition) is 4. The summed E-state index contributed by atoms with van der Waals surface area (Å²) in [4.78, 5) is 11.7. The molecule has 1 aliphatic rings. The number of benzene rings is 3. The molecule has 1 fully saturated rings. The molecule has 1 heterocycles. The van der Waals surface area contributed by atoms with E-state index in [1.165, 1.54) is 5.56 Å². The van der Waals surface area contributed by atoms with Crippen molar-refractivity contribution in [2.75, 3.05) is 19.7 Å². The standard InChI is InChI=1S/C30H36N2O4S/c1-21(2)23-13-15-24(16-14-23)25-8-6-10-27(18-25)37(34,35)32-17-7-9-26(19-32)28-11-4-5-12-29(28)36-20-22(3)30(31)33/h4-6,8,10-16,18,21-22,26H,7,9,17,19-20H2,1-3H3,(H2,31,33). The van der Waals surface area contributed by atoms with Gasteiger partial charge in [-0.1, -0.05) is 75.4 Å². The highest BCUT2D eigenvalue weighted by atomic mass is 32.2. The Hall–Kier alpha value is -3.16. The zero-order valence-electron chi connectivity index (χ0n) is 21.8. The van der Waals surface area contributed by atoms with Crippen molar-refractivity contribution in [2.24, 2.45) is 11.7 Å². The van der Waals surface area contributed by atoms with Gasteiger partial charge in [-0.05, 0) is 59.2 Å². The Labute approximate surface area is 220 Å². The Balaban J connectivity index is 1.54. The Kier molecular flexibility index (Phi) is 8.35. The molecule has 1 amide bonds. The van der Waals surface area contributed by atoms with Gasteiger partial charge in [0.05, 0.1) is 17.4 Å². The summed E-state index contributed by atoms with van der Waals surface area (Å²) in [6.07, 6.45) is 1.62. The largest absolute Gasteiger partial charge is 0.492 e. The Bertz CT molecular complexity index is 1340. The lowest BCUT2D eigenvalue weighted by Gasteiger charge is -2.33. The fourth-order valence-electron chi connectivity index (χ4n) is 4.71. The van der Waals surface area contributed by atoms with Crippen molar-refractivity contribution < 1.29 is 17.9 Å². The van der Waals surface area contributed by atoms with Gasteiger partial charge < -0.3 is 10.5 Å². The average molecular weight is 521 g/mol. The highest BCUT2D eigenvalue weighted by Crippen LogP contribution is 2.36. The van der Waals surface area contributed by atoms with E-state index in [1.807, 2.05) is 48.5 Å². The zero-order valence-corrected chi connectivity index (χ0v) is 22.6. The molecule has 0 radical (unpaired) electrons. The predicted molar refractivity (Wildman–Crippen MR) is 147 cm³/mol. The van der Waals surface area contributed by atoms with Gasteiger partial charge in [-0.2, -0.15) is 4.31 Å². The molecule has 0 spiro atoms. The smallest absolute Gasteiger partial charge is 0.243 e. The lowest BCUT2D eigenvalue weighted by atomic mass is 9.91. The molecule has 0 aromatic heterocycles. The van der Waals surface area contributed by atoms with Gasteiger partial charge in [0.25, 0.3) is 0 Å². The zero-order chi connectivity index (χ0) is 26.6. The number of nitrogens with zero attached hydrogens (tertiary/aromatic N) is 1. The van der Waals surface area contributed by atoms with Crippen molar-refractivity contribution in [3.63, 3.8) is 0 Å². The minimum absolute atomic E-state index is 0.00429. The number of amides is 1. The molecular weight excluding hydrogens is 484 g/mol. The number of para-hydroxylation sites is 1. The maximum Gasteiger partial charge on any atom is 0.243 e. The molecule has 3 aromatic rings. The van der Waals surface area contributed by atoms with Crippen LogP contribution in [0.1, 0.15) is 56.6 Å². The van der Waals surface area contributed by atoms with Gasteiger partial charge >= 0.3 is 0 Å². The van der Waals surface area contributed by atoms with E-state index < -0.39 is 21.8 Å². The number of primary amides is 1. The molecule has 0 saturated carbocycles. The summed E-state index contributed by atoms with van der Waals surface area (Å²) in [6, 6.07) is 23.1. The number of piperidine rings is 1. The summed E-state index contributed by atoms with van der Waals surface area (Å²) in [5, 5.41) is 0. The van der Waals surface area contributed by atoms with Crippen LogP contribution in [0.3, 0.4) is 0 Å². The van der Waals surface area contributed by atoms with Crippen molar-refractivity contribution >= 4 is 15.9 Å². The first-order valence-electron chi connectivity index (χ1n) is 12.9. The first-order valence-corrected chi connectivity index (χ1v) is 14.3. The van der Waals surface area contributed by atoms with Gasteiger partial charge in [-0.25, -0.2) is 8.42 Å². The van der Waals surface area contributed by atoms with Crippen LogP contribution in [-0.4, -0.2) is 38.3 Å². The van der Waals surface area contributed by atoms with Gasteiger partial charge in [-0.3, -0.25) is 4.79 Å². The number of nitrogens with two attached hydrogens (primary N) is 1. The normalized spacial score (nSPS) is 17.5. The molecular formula is C30H36N2O4S. The molecule has 2 unspecified atom stereocenters. The molecule has 37 heavy (non-hydrogen) atoms. The van der Waals surface area contributed by atoms with Crippen LogP contribution in [0, 0.1) is 5.92 Å².